The van der Waals surface area contributed by atoms with Gasteiger partial charge in [-0.2, -0.15) is 0 Å². The molecule has 0 spiro atoms. The topological polar surface area (TPSA) is 43.8 Å². The molecule has 98 valence electrons. The highest BCUT2D eigenvalue weighted by Crippen LogP contribution is 2.32. The summed E-state index contributed by atoms with van der Waals surface area (Å²) >= 11 is 0. The molecule has 2 unspecified atom stereocenters. The molecule has 17 heavy (non-hydrogen) atoms. The summed E-state index contributed by atoms with van der Waals surface area (Å²) in [6.07, 6.45) is 5.14. The van der Waals surface area contributed by atoms with Crippen molar-refractivity contribution in [3.63, 3.8) is 0 Å². The van der Waals surface area contributed by atoms with Crippen molar-refractivity contribution in [1.29, 1.82) is 0 Å². The lowest BCUT2D eigenvalue weighted by atomic mass is 9.74. The molecule has 2 N–H and O–H groups in total. The van der Waals surface area contributed by atoms with E-state index in [0.717, 1.165) is 12.1 Å². The molecular weight excluding hydrogens is 210 g/mol. The molecule has 1 rings (SSSR count). The summed E-state index contributed by atoms with van der Waals surface area (Å²) in [6.45, 7) is 13.1. The van der Waals surface area contributed by atoms with Gasteiger partial charge in [-0.05, 0) is 33.1 Å². The van der Waals surface area contributed by atoms with Crippen molar-refractivity contribution in [2.24, 2.45) is 11.7 Å². The molecule has 3 heteroatoms. The first-order valence-electron chi connectivity index (χ1n) is 6.57. The third kappa shape index (κ3) is 3.09. The first-order chi connectivity index (χ1) is 7.77. The molecule has 1 heterocycles. The molecule has 0 saturated carbocycles. The number of nitrogens with two attached hydrogens (primary N) is 1. The van der Waals surface area contributed by atoms with Crippen LogP contribution in [0.1, 0.15) is 59.7 Å². The second-order valence-electron chi connectivity index (χ2n) is 6.10. The molecule has 3 nitrogen and oxygen atoms in total. The Bertz CT molecular complexity index is 352. The van der Waals surface area contributed by atoms with Crippen LogP contribution >= 0.6 is 0 Å². The van der Waals surface area contributed by atoms with Crippen molar-refractivity contribution in [2.75, 3.05) is 0 Å². The van der Waals surface area contributed by atoms with E-state index in [1.165, 1.54) is 0 Å². The highest BCUT2D eigenvalue weighted by atomic mass is 15.1. The quantitative estimate of drug-likeness (QED) is 0.855. The van der Waals surface area contributed by atoms with E-state index in [0.29, 0.717) is 12.0 Å². The van der Waals surface area contributed by atoms with Crippen LogP contribution in [0.2, 0.25) is 0 Å². The fourth-order valence-corrected chi connectivity index (χ4v) is 2.29. The molecule has 0 aliphatic rings. The second kappa shape index (κ2) is 5.21. The largest absolute Gasteiger partial charge is 0.335 e. The third-order valence-corrected chi connectivity index (χ3v) is 3.62. The van der Waals surface area contributed by atoms with Gasteiger partial charge in [-0.15, -0.1) is 0 Å². The lowest BCUT2D eigenvalue weighted by Gasteiger charge is -2.33. The Labute approximate surface area is 105 Å². The zero-order valence-electron chi connectivity index (χ0n) is 12.1. The summed E-state index contributed by atoms with van der Waals surface area (Å²) in [6, 6.07) is 0.563. The summed E-state index contributed by atoms with van der Waals surface area (Å²) in [7, 11) is 0. The Kier molecular flexibility index (Phi) is 4.36. The van der Waals surface area contributed by atoms with Crippen LogP contribution in [0.4, 0.5) is 0 Å². The van der Waals surface area contributed by atoms with E-state index in [1.807, 2.05) is 6.33 Å². The van der Waals surface area contributed by atoms with Crippen LogP contribution in [0.25, 0.3) is 0 Å². The maximum atomic E-state index is 6.19. The number of imidazole rings is 1. The van der Waals surface area contributed by atoms with Crippen LogP contribution in [-0.2, 0) is 5.41 Å². The lowest BCUT2D eigenvalue weighted by Crippen LogP contribution is -2.42. The molecule has 2 atom stereocenters. The van der Waals surface area contributed by atoms with Gasteiger partial charge in [-0.25, -0.2) is 4.98 Å². The molecule has 0 fully saturated rings. The van der Waals surface area contributed by atoms with E-state index in [4.69, 9.17) is 5.73 Å². The predicted octanol–water partition coefficient (Wildman–Crippen LogP) is 3.12. The normalized spacial score (nSPS) is 17.5. The molecular formula is C14H27N3. The number of aromatic nitrogens is 2. The van der Waals surface area contributed by atoms with Gasteiger partial charge >= 0.3 is 0 Å². The average molecular weight is 237 g/mol. The van der Waals surface area contributed by atoms with Crippen molar-refractivity contribution in [1.82, 2.24) is 9.55 Å². The van der Waals surface area contributed by atoms with Crippen LogP contribution in [-0.4, -0.2) is 15.6 Å². The third-order valence-electron chi connectivity index (χ3n) is 3.62. The Morgan fingerprint density at radius 3 is 2.24 bits per heavy atom. The van der Waals surface area contributed by atoms with E-state index in [-0.39, 0.29) is 11.5 Å². The number of hydrogen-bond acceptors (Lipinski definition) is 2. The maximum Gasteiger partial charge on any atom is 0.0952 e. The predicted molar refractivity (Wildman–Crippen MR) is 73.1 cm³/mol. The van der Waals surface area contributed by atoms with Crippen LogP contribution in [0.15, 0.2) is 12.5 Å². The number of nitrogens with zero attached hydrogens (tertiary/aromatic N) is 2. The molecule has 0 amide bonds. The standard InChI is InChI=1S/C14H27N3/c1-10(2)7-14(6,12(5)15)13-8-17(9-16-13)11(3)4/h8-12H,7,15H2,1-6H3. The molecule has 0 radical (unpaired) electrons. The maximum absolute atomic E-state index is 6.19. The monoisotopic (exact) mass is 237 g/mol. The van der Waals surface area contributed by atoms with Crippen molar-refractivity contribution in [3.8, 4) is 0 Å². The first kappa shape index (κ1) is 14.2. The van der Waals surface area contributed by atoms with Gasteiger partial charge in [0.1, 0.15) is 0 Å². The fourth-order valence-electron chi connectivity index (χ4n) is 2.29. The smallest absolute Gasteiger partial charge is 0.0952 e. The zero-order chi connectivity index (χ0) is 13.2. The summed E-state index contributed by atoms with van der Waals surface area (Å²) < 4.78 is 2.15. The summed E-state index contributed by atoms with van der Waals surface area (Å²) in [5, 5.41) is 0. The highest BCUT2D eigenvalue weighted by molar-refractivity contribution is 5.16. The molecule has 0 aromatic carbocycles. The zero-order valence-corrected chi connectivity index (χ0v) is 12.1. The summed E-state index contributed by atoms with van der Waals surface area (Å²) in [5.74, 6) is 0.621. The molecule has 0 bridgehead atoms. The lowest BCUT2D eigenvalue weighted by molar-refractivity contribution is 0.311. The van der Waals surface area contributed by atoms with Gasteiger partial charge in [0.05, 0.1) is 12.0 Å². The van der Waals surface area contributed by atoms with E-state index in [9.17, 15) is 0 Å². The van der Waals surface area contributed by atoms with E-state index < -0.39 is 0 Å². The van der Waals surface area contributed by atoms with Crippen LogP contribution < -0.4 is 5.73 Å². The van der Waals surface area contributed by atoms with E-state index in [2.05, 4.69) is 57.3 Å². The average Bonchev–Trinajstić information content (AvgIpc) is 2.64. The molecule has 0 aliphatic heterocycles. The van der Waals surface area contributed by atoms with E-state index >= 15 is 0 Å². The van der Waals surface area contributed by atoms with Gasteiger partial charge in [-0.3, -0.25) is 0 Å². The minimum absolute atomic E-state index is 0.0334. The van der Waals surface area contributed by atoms with Crippen LogP contribution in [0.3, 0.4) is 0 Å². The number of hydrogen-bond donors (Lipinski definition) is 1. The van der Waals surface area contributed by atoms with Gasteiger partial charge < -0.3 is 10.3 Å². The Morgan fingerprint density at radius 1 is 1.29 bits per heavy atom. The van der Waals surface area contributed by atoms with Gasteiger partial charge in [-0.1, -0.05) is 20.8 Å². The number of rotatable bonds is 5. The minimum atomic E-state index is -0.0334. The summed E-state index contributed by atoms with van der Waals surface area (Å²) in [5.41, 5.74) is 7.27. The second-order valence-corrected chi connectivity index (χ2v) is 6.10. The molecule has 0 saturated heterocycles. The van der Waals surface area contributed by atoms with E-state index in [1.54, 1.807) is 0 Å². The first-order valence-corrected chi connectivity index (χ1v) is 6.57. The Balaban J connectivity index is 3.05. The Hall–Kier alpha value is -0.830. The molecule has 1 aromatic heterocycles. The van der Waals surface area contributed by atoms with Crippen molar-refractivity contribution >= 4 is 0 Å². The Morgan fingerprint density at radius 2 is 1.88 bits per heavy atom. The van der Waals surface area contributed by atoms with Gasteiger partial charge in [0.2, 0.25) is 0 Å². The van der Waals surface area contributed by atoms with Crippen LogP contribution in [0.5, 0.6) is 0 Å². The SMILES string of the molecule is CC(C)CC(C)(c1cn(C(C)C)cn1)C(C)N. The molecule has 0 aliphatic carbocycles. The minimum Gasteiger partial charge on any atom is -0.335 e. The van der Waals surface area contributed by atoms with Crippen molar-refractivity contribution < 1.29 is 0 Å². The fraction of sp³-hybridized carbons (Fsp3) is 0.786. The van der Waals surface area contributed by atoms with Gasteiger partial charge in [0.25, 0.3) is 0 Å². The highest BCUT2D eigenvalue weighted by Gasteiger charge is 2.34. The van der Waals surface area contributed by atoms with Crippen molar-refractivity contribution in [2.45, 2.75) is 65.5 Å². The van der Waals surface area contributed by atoms with Crippen molar-refractivity contribution in [3.05, 3.63) is 18.2 Å². The summed E-state index contributed by atoms with van der Waals surface area (Å²) in [4.78, 5) is 4.57. The molecule has 1 aromatic rings. The van der Waals surface area contributed by atoms with Crippen LogP contribution in [0, 0.1) is 5.92 Å². The van der Waals surface area contributed by atoms with Gasteiger partial charge in [0.15, 0.2) is 0 Å². The van der Waals surface area contributed by atoms with Gasteiger partial charge in [0, 0.05) is 23.7 Å².